The zero-order valence-corrected chi connectivity index (χ0v) is 18.5. The molecule has 2 heterocycles. The fourth-order valence-corrected chi connectivity index (χ4v) is 4.18. The average Bonchev–Trinajstić information content (AvgIpc) is 2.78. The monoisotopic (exact) mass is 448 g/mol. The van der Waals surface area contributed by atoms with Crippen molar-refractivity contribution in [2.75, 3.05) is 13.1 Å². The number of piperazine rings is 1. The van der Waals surface area contributed by atoms with Crippen molar-refractivity contribution in [3.63, 3.8) is 0 Å². The number of benzene rings is 2. The quantitative estimate of drug-likeness (QED) is 0.516. The molecule has 33 heavy (non-hydrogen) atoms. The first-order valence-electron chi connectivity index (χ1n) is 10.7. The molecule has 8 heteroatoms. The number of carbonyl (C=O) groups is 4. The molecular weight excluding hydrogens is 424 g/mol. The lowest BCUT2D eigenvalue weighted by Gasteiger charge is -2.39. The summed E-state index contributed by atoms with van der Waals surface area (Å²) in [5.74, 6) is -0.950. The van der Waals surface area contributed by atoms with Crippen LogP contribution in [0.4, 0.5) is 0 Å². The molecule has 1 fully saturated rings. The molecule has 0 saturated carbocycles. The zero-order valence-electron chi connectivity index (χ0n) is 18.5. The molecule has 2 aromatic rings. The maximum Gasteiger partial charge on any atom is 0.308 e. The molecule has 1 saturated heterocycles. The highest BCUT2D eigenvalue weighted by Crippen LogP contribution is 2.39. The Bertz CT molecular complexity index is 1150. The van der Waals surface area contributed by atoms with E-state index in [9.17, 15) is 19.2 Å². The second-order valence-corrected chi connectivity index (χ2v) is 7.97. The first-order chi connectivity index (χ1) is 15.8. The predicted molar refractivity (Wildman–Crippen MR) is 119 cm³/mol. The molecule has 0 aromatic heterocycles. The van der Waals surface area contributed by atoms with E-state index in [1.165, 1.54) is 35.8 Å². The SMILES string of the molecule is CC(=O)Oc1ccc(OC(C)=O)c(C2=C3C(=O)N(Cc4ccccc4)CC(=O)N3CCC2)c1. The number of rotatable bonds is 5. The summed E-state index contributed by atoms with van der Waals surface area (Å²) in [6.07, 6.45) is 1.15. The summed E-state index contributed by atoms with van der Waals surface area (Å²) >= 11 is 0. The number of ether oxygens (including phenoxy) is 2. The first-order valence-corrected chi connectivity index (χ1v) is 10.7. The summed E-state index contributed by atoms with van der Waals surface area (Å²) in [6, 6.07) is 14.1. The lowest BCUT2D eigenvalue weighted by molar-refractivity contribution is -0.146. The molecule has 0 N–H and O–H groups in total. The standard InChI is InChI=1S/C25H24N2O6/c1-16(28)32-19-10-11-22(33-17(2)29)21(13-19)20-9-6-12-27-23(30)15-26(25(31)24(20)27)14-18-7-4-3-5-8-18/h3-5,7-8,10-11,13H,6,9,12,14-15H2,1-2H3. The van der Waals surface area contributed by atoms with Gasteiger partial charge in [-0.1, -0.05) is 30.3 Å². The van der Waals surface area contributed by atoms with E-state index in [1.807, 2.05) is 30.3 Å². The van der Waals surface area contributed by atoms with E-state index < -0.39 is 11.9 Å². The number of hydrogen-bond donors (Lipinski definition) is 0. The highest BCUT2D eigenvalue weighted by molar-refractivity contribution is 6.09. The van der Waals surface area contributed by atoms with Gasteiger partial charge in [-0.2, -0.15) is 0 Å². The minimum atomic E-state index is -0.522. The maximum atomic E-state index is 13.6. The number of fused-ring (bicyclic) bond motifs is 1. The van der Waals surface area contributed by atoms with Gasteiger partial charge in [-0.05, 0) is 42.2 Å². The average molecular weight is 448 g/mol. The number of allylic oxidation sites excluding steroid dienone is 1. The van der Waals surface area contributed by atoms with Gasteiger partial charge < -0.3 is 19.3 Å². The van der Waals surface area contributed by atoms with Gasteiger partial charge in [0.25, 0.3) is 5.91 Å². The Balaban J connectivity index is 1.81. The fourth-order valence-electron chi connectivity index (χ4n) is 4.18. The zero-order chi connectivity index (χ0) is 23.5. The van der Waals surface area contributed by atoms with Gasteiger partial charge >= 0.3 is 11.9 Å². The molecule has 2 aliphatic heterocycles. The molecular formula is C25H24N2O6. The van der Waals surface area contributed by atoms with Crippen molar-refractivity contribution in [3.8, 4) is 11.5 Å². The van der Waals surface area contributed by atoms with Crippen LogP contribution in [0.2, 0.25) is 0 Å². The Labute approximate surface area is 191 Å². The summed E-state index contributed by atoms with van der Waals surface area (Å²) < 4.78 is 10.6. The van der Waals surface area contributed by atoms with Crippen molar-refractivity contribution in [1.82, 2.24) is 9.80 Å². The van der Waals surface area contributed by atoms with Crippen LogP contribution in [0.1, 0.15) is 37.8 Å². The Kier molecular flexibility index (Phi) is 6.26. The van der Waals surface area contributed by atoms with E-state index >= 15 is 0 Å². The summed E-state index contributed by atoms with van der Waals surface area (Å²) in [5.41, 5.74) is 2.23. The van der Waals surface area contributed by atoms with Gasteiger partial charge in [0.05, 0.1) is 0 Å². The third-order valence-corrected chi connectivity index (χ3v) is 5.49. The Morgan fingerprint density at radius 3 is 2.39 bits per heavy atom. The van der Waals surface area contributed by atoms with Gasteiger partial charge in [-0.3, -0.25) is 19.2 Å². The van der Waals surface area contributed by atoms with Gasteiger partial charge in [-0.25, -0.2) is 0 Å². The van der Waals surface area contributed by atoms with Gasteiger partial charge in [0.2, 0.25) is 5.91 Å². The minimum absolute atomic E-state index is 0.00516. The Morgan fingerprint density at radius 2 is 1.70 bits per heavy atom. The topological polar surface area (TPSA) is 93.2 Å². The van der Waals surface area contributed by atoms with Crippen LogP contribution >= 0.6 is 0 Å². The molecule has 0 radical (unpaired) electrons. The number of nitrogens with zero attached hydrogens (tertiary/aromatic N) is 2. The predicted octanol–water partition coefficient (Wildman–Crippen LogP) is 2.91. The van der Waals surface area contributed by atoms with Crippen molar-refractivity contribution < 1.29 is 28.7 Å². The third-order valence-electron chi connectivity index (χ3n) is 5.49. The van der Waals surface area contributed by atoms with Crippen LogP contribution in [-0.2, 0) is 25.7 Å². The molecule has 4 rings (SSSR count). The van der Waals surface area contributed by atoms with Crippen molar-refractivity contribution in [2.45, 2.75) is 33.2 Å². The molecule has 170 valence electrons. The van der Waals surface area contributed by atoms with Gasteiger partial charge in [0.1, 0.15) is 23.7 Å². The number of carbonyl (C=O) groups excluding carboxylic acids is 4. The van der Waals surface area contributed by atoms with Crippen molar-refractivity contribution in [2.24, 2.45) is 0 Å². The number of hydrogen-bond acceptors (Lipinski definition) is 6. The molecule has 8 nitrogen and oxygen atoms in total. The Hall–Kier alpha value is -3.94. The van der Waals surface area contributed by atoms with Gasteiger partial charge in [0.15, 0.2) is 0 Å². The van der Waals surface area contributed by atoms with Gasteiger partial charge in [0, 0.05) is 32.5 Å². The molecule has 0 bridgehead atoms. The second kappa shape index (κ2) is 9.28. The summed E-state index contributed by atoms with van der Waals surface area (Å²) in [4.78, 5) is 52.7. The van der Waals surface area contributed by atoms with E-state index in [0.29, 0.717) is 37.1 Å². The molecule has 0 aliphatic carbocycles. The number of esters is 2. The Morgan fingerprint density at radius 1 is 0.970 bits per heavy atom. The van der Waals surface area contributed by atoms with Crippen LogP contribution in [0.3, 0.4) is 0 Å². The normalized spacial score (nSPS) is 15.9. The van der Waals surface area contributed by atoms with Crippen molar-refractivity contribution in [3.05, 3.63) is 65.4 Å². The number of amides is 2. The maximum absolute atomic E-state index is 13.6. The molecule has 2 aromatic carbocycles. The van der Waals surface area contributed by atoms with Crippen molar-refractivity contribution in [1.29, 1.82) is 0 Å². The molecule has 0 atom stereocenters. The summed E-state index contributed by atoms with van der Waals surface area (Å²) in [6.45, 7) is 3.31. The molecule has 0 unspecified atom stereocenters. The van der Waals surface area contributed by atoms with E-state index in [-0.39, 0.29) is 35.6 Å². The second-order valence-electron chi connectivity index (χ2n) is 7.97. The van der Waals surface area contributed by atoms with Crippen LogP contribution in [0.25, 0.3) is 5.57 Å². The van der Waals surface area contributed by atoms with Crippen LogP contribution in [-0.4, -0.2) is 46.6 Å². The summed E-state index contributed by atoms with van der Waals surface area (Å²) in [5, 5.41) is 0. The smallest absolute Gasteiger partial charge is 0.308 e. The molecule has 2 amide bonds. The van der Waals surface area contributed by atoms with Crippen LogP contribution < -0.4 is 9.47 Å². The van der Waals surface area contributed by atoms with Gasteiger partial charge in [-0.15, -0.1) is 0 Å². The van der Waals surface area contributed by atoms with E-state index in [2.05, 4.69) is 0 Å². The van der Waals surface area contributed by atoms with E-state index in [0.717, 1.165) is 5.56 Å². The van der Waals surface area contributed by atoms with E-state index in [1.54, 1.807) is 6.07 Å². The first kappa shape index (κ1) is 22.3. The fraction of sp³-hybridized carbons (Fsp3) is 0.280. The molecule has 0 spiro atoms. The lowest BCUT2D eigenvalue weighted by Crippen LogP contribution is -2.53. The van der Waals surface area contributed by atoms with E-state index in [4.69, 9.17) is 9.47 Å². The lowest BCUT2D eigenvalue weighted by atomic mass is 9.92. The summed E-state index contributed by atoms with van der Waals surface area (Å²) in [7, 11) is 0. The minimum Gasteiger partial charge on any atom is -0.427 e. The highest BCUT2D eigenvalue weighted by Gasteiger charge is 2.39. The van der Waals surface area contributed by atoms with Crippen LogP contribution in [0.15, 0.2) is 54.2 Å². The van der Waals surface area contributed by atoms with Crippen LogP contribution in [0, 0.1) is 0 Å². The molecule has 2 aliphatic rings. The van der Waals surface area contributed by atoms with Crippen LogP contribution in [0.5, 0.6) is 11.5 Å². The third kappa shape index (κ3) is 4.79. The van der Waals surface area contributed by atoms with Crippen molar-refractivity contribution >= 4 is 29.3 Å². The largest absolute Gasteiger partial charge is 0.427 e. The highest BCUT2D eigenvalue weighted by atomic mass is 16.5.